The van der Waals surface area contributed by atoms with Crippen LogP contribution in [-0.4, -0.2) is 21.4 Å². The third-order valence-electron chi connectivity index (χ3n) is 5.37. The lowest BCUT2D eigenvalue weighted by Gasteiger charge is -2.29. The Morgan fingerprint density at radius 2 is 1.94 bits per heavy atom. The van der Waals surface area contributed by atoms with Crippen LogP contribution in [-0.2, 0) is 17.8 Å². The van der Waals surface area contributed by atoms with E-state index in [1.807, 2.05) is 56.3 Å². The Balaban J connectivity index is 1.63. The van der Waals surface area contributed by atoms with Gasteiger partial charge >= 0.3 is 0 Å². The molecule has 2 aromatic heterocycles. The third kappa shape index (κ3) is 3.95. The first-order chi connectivity index (χ1) is 15.4. The summed E-state index contributed by atoms with van der Waals surface area (Å²) in [6, 6.07) is 16.8. The highest BCUT2D eigenvalue weighted by atomic mass is 35.5. The monoisotopic (exact) mass is 464 g/mol. The Hall–Kier alpha value is -3.00. The van der Waals surface area contributed by atoms with E-state index in [-0.39, 0.29) is 11.2 Å². The van der Waals surface area contributed by atoms with Crippen LogP contribution in [0.3, 0.4) is 0 Å². The minimum atomic E-state index is -0.315. The summed E-state index contributed by atoms with van der Waals surface area (Å²) < 4.78 is 7.53. The molecule has 1 aliphatic rings. The fourth-order valence-electron chi connectivity index (χ4n) is 3.80. The molecule has 0 atom stereocenters. The number of thiophene rings is 1. The van der Waals surface area contributed by atoms with E-state index in [1.54, 1.807) is 22.9 Å². The van der Waals surface area contributed by atoms with E-state index >= 15 is 0 Å². The van der Waals surface area contributed by atoms with Gasteiger partial charge in [0, 0.05) is 16.3 Å². The summed E-state index contributed by atoms with van der Waals surface area (Å²) in [5.74, 6) is 0.359. The van der Waals surface area contributed by atoms with Crippen molar-refractivity contribution in [1.82, 2.24) is 9.55 Å². The van der Waals surface area contributed by atoms with Crippen molar-refractivity contribution in [2.75, 3.05) is 5.43 Å². The summed E-state index contributed by atoms with van der Waals surface area (Å²) in [5.41, 5.74) is 5.19. The van der Waals surface area contributed by atoms with E-state index in [0.717, 1.165) is 21.7 Å². The molecule has 5 rings (SSSR count). The summed E-state index contributed by atoms with van der Waals surface area (Å²) in [6.45, 7) is 4.58. The topological polar surface area (TPSA) is 68.5 Å². The van der Waals surface area contributed by atoms with Gasteiger partial charge in [0.2, 0.25) is 5.95 Å². The van der Waals surface area contributed by atoms with E-state index in [9.17, 15) is 4.79 Å². The van der Waals surface area contributed by atoms with Crippen molar-refractivity contribution in [3.63, 3.8) is 0 Å². The molecule has 6 nitrogen and oxygen atoms in total. The van der Waals surface area contributed by atoms with E-state index < -0.39 is 0 Å². The van der Waals surface area contributed by atoms with Crippen molar-refractivity contribution in [3.05, 3.63) is 86.0 Å². The van der Waals surface area contributed by atoms with E-state index in [0.29, 0.717) is 34.2 Å². The van der Waals surface area contributed by atoms with Gasteiger partial charge in [0.25, 0.3) is 5.56 Å². The van der Waals surface area contributed by atoms with Crippen LogP contribution in [0.15, 0.2) is 64.5 Å². The van der Waals surface area contributed by atoms with E-state index in [2.05, 4.69) is 10.5 Å². The molecule has 8 heteroatoms. The predicted molar refractivity (Wildman–Crippen MR) is 130 cm³/mol. The number of hydrogen-bond acceptors (Lipinski definition) is 6. The van der Waals surface area contributed by atoms with Crippen molar-refractivity contribution in [1.29, 1.82) is 0 Å². The largest absolute Gasteiger partial charge is 0.370 e. The van der Waals surface area contributed by atoms with Crippen molar-refractivity contribution >= 4 is 45.3 Å². The first kappa shape index (κ1) is 20.9. The van der Waals surface area contributed by atoms with Crippen molar-refractivity contribution in [2.45, 2.75) is 32.5 Å². The van der Waals surface area contributed by atoms with Crippen LogP contribution < -0.4 is 11.0 Å². The molecule has 1 N–H and O–H groups in total. The zero-order valence-electron chi connectivity index (χ0n) is 17.6. The summed E-state index contributed by atoms with van der Waals surface area (Å²) in [4.78, 5) is 20.3. The minimum Gasteiger partial charge on any atom is -0.370 e. The molecule has 0 aliphatic carbocycles. The number of nitrogens with zero attached hydrogens (tertiary/aromatic N) is 3. The molecule has 162 valence electrons. The number of hydrazone groups is 1. The van der Waals surface area contributed by atoms with Crippen LogP contribution in [0.5, 0.6) is 0 Å². The highest BCUT2D eigenvalue weighted by Crippen LogP contribution is 2.37. The maximum absolute atomic E-state index is 13.7. The normalized spacial score (nSPS) is 15.2. The molecule has 32 heavy (non-hydrogen) atoms. The van der Waals surface area contributed by atoms with Gasteiger partial charge in [-0.2, -0.15) is 5.10 Å². The average molecular weight is 465 g/mol. The molecule has 1 aliphatic heterocycles. The lowest BCUT2D eigenvalue weighted by molar-refractivity contribution is -0.0379. The second-order valence-electron chi connectivity index (χ2n) is 8.24. The lowest BCUT2D eigenvalue weighted by atomic mass is 9.94. The first-order valence-corrected chi connectivity index (χ1v) is 11.4. The lowest BCUT2D eigenvalue weighted by Crippen LogP contribution is -2.32. The quantitative estimate of drug-likeness (QED) is 0.324. The number of fused-ring (bicyclic) bond motifs is 3. The van der Waals surface area contributed by atoms with Gasteiger partial charge < -0.3 is 4.74 Å². The second kappa shape index (κ2) is 8.16. The van der Waals surface area contributed by atoms with Gasteiger partial charge in [0.05, 0.1) is 29.5 Å². The van der Waals surface area contributed by atoms with Crippen LogP contribution in [0.4, 0.5) is 5.95 Å². The van der Waals surface area contributed by atoms with Gasteiger partial charge in [0.1, 0.15) is 4.83 Å². The van der Waals surface area contributed by atoms with Gasteiger partial charge in [-0.1, -0.05) is 41.9 Å². The molecule has 3 heterocycles. The molecule has 0 radical (unpaired) electrons. The van der Waals surface area contributed by atoms with Crippen LogP contribution in [0, 0.1) is 0 Å². The minimum absolute atomic E-state index is 0.111. The number of hydrogen-bond donors (Lipinski definition) is 1. The average Bonchev–Trinajstić information content (AvgIpc) is 3.12. The molecule has 0 spiro atoms. The van der Waals surface area contributed by atoms with Crippen molar-refractivity contribution in [3.8, 4) is 5.69 Å². The maximum Gasteiger partial charge on any atom is 0.268 e. The van der Waals surface area contributed by atoms with Gasteiger partial charge in [-0.25, -0.2) is 15.0 Å². The number of halogens is 1. The highest BCUT2D eigenvalue weighted by Gasteiger charge is 2.31. The molecule has 0 saturated heterocycles. The van der Waals surface area contributed by atoms with E-state index in [4.69, 9.17) is 21.3 Å². The molecule has 0 fully saturated rings. The molecular weight excluding hydrogens is 444 g/mol. The van der Waals surface area contributed by atoms with Crippen molar-refractivity contribution < 1.29 is 4.74 Å². The van der Waals surface area contributed by atoms with Gasteiger partial charge in [-0.15, -0.1) is 11.3 Å². The SMILES string of the molecule is CC1(C)Cc2c(sc3nc(NN=Cc4ccc(Cl)cc4)n(-c4ccccc4)c(=O)c23)CO1. The predicted octanol–water partition coefficient (Wildman–Crippen LogP) is 5.40. The Bertz CT molecular complexity index is 1380. The fraction of sp³-hybridized carbons (Fsp3) is 0.208. The fourth-order valence-corrected chi connectivity index (χ4v) is 5.02. The standard InChI is InChI=1S/C24H21ClN4O2S/c1-24(2)12-18-19(14-31-24)32-21-20(18)22(30)29(17-6-4-3-5-7-17)23(27-21)28-26-13-15-8-10-16(25)11-9-15/h3-11,13H,12,14H2,1-2H3,(H,27,28). The van der Waals surface area contributed by atoms with Gasteiger partial charge in [0.15, 0.2) is 0 Å². The number of nitrogens with one attached hydrogen (secondary N) is 1. The molecule has 4 aromatic rings. The van der Waals surface area contributed by atoms with E-state index in [1.165, 1.54) is 11.3 Å². The number of ether oxygens (including phenoxy) is 1. The molecule has 0 amide bonds. The van der Waals surface area contributed by atoms with Crippen LogP contribution in [0.25, 0.3) is 15.9 Å². The van der Waals surface area contributed by atoms with Crippen molar-refractivity contribution in [2.24, 2.45) is 5.10 Å². The van der Waals surface area contributed by atoms with Gasteiger partial charge in [-0.3, -0.25) is 4.79 Å². The molecule has 0 unspecified atom stereocenters. The zero-order chi connectivity index (χ0) is 22.3. The molecule has 0 bridgehead atoms. The maximum atomic E-state index is 13.7. The summed E-state index contributed by atoms with van der Waals surface area (Å²) in [5, 5.41) is 5.65. The summed E-state index contributed by atoms with van der Waals surface area (Å²) >= 11 is 7.46. The zero-order valence-corrected chi connectivity index (χ0v) is 19.2. The Kier molecular flexibility index (Phi) is 5.33. The number of benzene rings is 2. The number of aromatic nitrogens is 2. The van der Waals surface area contributed by atoms with Crippen LogP contribution in [0.2, 0.25) is 5.02 Å². The Morgan fingerprint density at radius 1 is 1.19 bits per heavy atom. The molecular formula is C24H21ClN4O2S. The molecule has 0 saturated carbocycles. The smallest absolute Gasteiger partial charge is 0.268 e. The Labute approximate surface area is 194 Å². The second-order valence-corrected chi connectivity index (χ2v) is 9.76. The number of para-hydroxylation sites is 1. The Morgan fingerprint density at radius 3 is 2.69 bits per heavy atom. The molecule has 2 aromatic carbocycles. The highest BCUT2D eigenvalue weighted by molar-refractivity contribution is 7.18. The first-order valence-electron chi connectivity index (χ1n) is 10.2. The van der Waals surface area contributed by atoms with Crippen LogP contribution >= 0.6 is 22.9 Å². The third-order valence-corrected chi connectivity index (χ3v) is 6.72. The summed E-state index contributed by atoms with van der Waals surface area (Å²) in [7, 11) is 0. The number of rotatable bonds is 4. The summed E-state index contributed by atoms with van der Waals surface area (Å²) in [6.07, 6.45) is 2.34. The van der Waals surface area contributed by atoms with Crippen LogP contribution in [0.1, 0.15) is 29.9 Å². The number of anilines is 1. The van der Waals surface area contributed by atoms with Gasteiger partial charge in [-0.05, 0) is 49.2 Å².